The zero-order valence-electron chi connectivity index (χ0n) is 69.4. The Hall–Kier alpha value is -12.1. The van der Waals surface area contributed by atoms with E-state index in [-0.39, 0.29) is 11.6 Å². The highest BCUT2D eigenvalue weighted by Crippen LogP contribution is 2.51. The van der Waals surface area contributed by atoms with Crippen LogP contribution in [0.5, 0.6) is 0 Å². The van der Waals surface area contributed by atoms with Gasteiger partial charge in [0.05, 0.1) is 43.8 Å². The van der Waals surface area contributed by atoms with Gasteiger partial charge in [0.25, 0.3) is 0 Å². The summed E-state index contributed by atoms with van der Waals surface area (Å²) in [5, 5.41) is 9.70. The number of fused-ring (bicyclic) bond motifs is 7. The zero-order valence-corrected chi connectivity index (χ0v) is 69.4. The van der Waals surface area contributed by atoms with Crippen LogP contribution >= 0.6 is 0 Å². The lowest BCUT2D eigenvalue weighted by atomic mass is 9.66. The van der Waals surface area contributed by atoms with Gasteiger partial charge in [-0.15, -0.1) is 0 Å². The summed E-state index contributed by atoms with van der Waals surface area (Å²) >= 11 is 0. The van der Waals surface area contributed by atoms with E-state index in [1.165, 1.54) is 134 Å². The van der Waals surface area contributed by atoms with Crippen molar-refractivity contribution in [2.24, 2.45) is 28.2 Å². The standard InChI is InChI=1S/C29H29N2.C26H25N2.2C25H24FN2/c1-18-13-27-20-6-8-21(9-7-20)28(27)16-26(18)29-25-11-10-22(23-5-4-12-30-17-23)15-24(25)14-19(2)31(29)3;1-17-12-19-6-4-7-20(19)15-25(17)26-24-10-9-21(22-8-5-11-27-16-22)14-23(24)13-18(2)28(26)3;1-15-11-23(17(3)18(4)24(15)26)25-22-9-8-19(20-7-6-10-27-14-20)13-21(22)12-16(2)28(25)5;1-15-11-16(2)24(26)23(18(15)4)25-22-9-8-19(20-7-6-10-27-14-20)13-21(22)12-17(3)28(25)5/h4-5,10-17,20-21H,6-9H2,1-3H3;5,8-16H,4,6-7H2,1-3H3;2*6-14H,1-5H3/q4*+1. The van der Waals surface area contributed by atoms with Gasteiger partial charge >= 0.3 is 0 Å². The summed E-state index contributed by atoms with van der Waals surface area (Å²) in [6.07, 6.45) is 24.1. The van der Waals surface area contributed by atoms with Crippen molar-refractivity contribution < 1.29 is 27.0 Å². The zero-order chi connectivity index (χ0) is 80.4. The second-order valence-electron chi connectivity index (χ2n) is 32.7. The van der Waals surface area contributed by atoms with Crippen LogP contribution in [0.4, 0.5) is 8.78 Å². The number of aryl methyl sites for hydroxylation is 11. The fourth-order valence-corrected chi connectivity index (χ4v) is 18.5. The monoisotopic (exact) mass is 1510 g/mol. The van der Waals surface area contributed by atoms with Crippen molar-refractivity contribution >= 4 is 43.1 Å². The summed E-state index contributed by atoms with van der Waals surface area (Å²) in [6, 6.07) is 65.6. The maximum absolute atomic E-state index is 15.3. The van der Waals surface area contributed by atoms with E-state index in [0.717, 1.165) is 112 Å². The number of hydrogen-bond donors (Lipinski definition) is 0. The maximum Gasteiger partial charge on any atom is 0.223 e. The van der Waals surface area contributed by atoms with E-state index in [2.05, 4.69) is 246 Å². The Bertz CT molecular complexity index is 6500. The number of nitrogens with zero attached hydrogens (tertiary/aromatic N) is 8. The van der Waals surface area contributed by atoms with Gasteiger partial charge in [0.1, 0.15) is 39.8 Å². The molecule has 0 amide bonds. The van der Waals surface area contributed by atoms with Gasteiger partial charge in [-0.05, 0) is 314 Å². The van der Waals surface area contributed by atoms with E-state index in [9.17, 15) is 4.39 Å². The molecule has 115 heavy (non-hydrogen) atoms. The molecule has 0 atom stereocenters. The van der Waals surface area contributed by atoms with Gasteiger partial charge in [-0.25, -0.2) is 8.78 Å². The van der Waals surface area contributed by atoms with Crippen LogP contribution in [0.15, 0.2) is 232 Å². The van der Waals surface area contributed by atoms with Gasteiger partial charge in [0.15, 0.2) is 22.8 Å². The average molecular weight is 1510 g/mol. The molecular formula is C105H102F2N8+4. The normalized spacial score (nSPS) is 13.9. The average Bonchev–Trinajstić information content (AvgIpc) is 1.26. The fraction of sp³-hybridized carbons (Fsp3) is 0.238. The number of halogens is 2. The SMILES string of the molecule is Cc1cc(-c2c3ccc(-c4cccnc4)cc3cc(C)[n+]2C)c(C)c(C)c1F.Cc1cc(C)c(F)c(-c2c3ccc(-c4cccnc4)cc3cc(C)[n+]2C)c1C.Cc1cc2c(cc1-c1c3ccc(-c4cccnc4)cc3cc(C)[n+]1C)C1CCC2CC1.Cc1cc2c(cc1-c1c3ccc(-c4cccnc4)cc3cc(C)[n+]1C)CCC2. The molecule has 2 bridgehead atoms. The van der Waals surface area contributed by atoms with Crippen LogP contribution in [0.1, 0.15) is 133 Å². The Morgan fingerprint density at radius 3 is 1.04 bits per heavy atom. The Morgan fingerprint density at radius 2 is 0.643 bits per heavy atom. The molecule has 10 heteroatoms. The molecule has 20 rings (SSSR count). The Balaban J connectivity index is 0.000000115. The van der Waals surface area contributed by atoms with E-state index in [4.69, 9.17) is 0 Å². The topological polar surface area (TPSA) is 67.1 Å². The third-order valence-electron chi connectivity index (χ3n) is 25.6. The molecule has 0 N–H and O–H groups in total. The van der Waals surface area contributed by atoms with E-state index >= 15 is 4.39 Å². The fourth-order valence-electron chi connectivity index (χ4n) is 18.5. The molecule has 0 unspecified atom stereocenters. The van der Waals surface area contributed by atoms with Crippen molar-refractivity contribution in [2.75, 3.05) is 0 Å². The van der Waals surface area contributed by atoms with Crippen LogP contribution < -0.4 is 18.3 Å². The minimum atomic E-state index is -0.137. The predicted octanol–water partition coefficient (Wildman–Crippen LogP) is 23.8. The molecule has 4 aliphatic rings. The molecule has 1 fully saturated rings. The predicted molar refractivity (Wildman–Crippen MR) is 468 cm³/mol. The summed E-state index contributed by atoms with van der Waals surface area (Å²) in [4.78, 5) is 17.0. The van der Waals surface area contributed by atoms with E-state index < -0.39 is 0 Å². The summed E-state index contributed by atoms with van der Waals surface area (Å²) in [5.41, 5.74) is 37.5. The molecule has 8 nitrogen and oxygen atoms in total. The first-order chi connectivity index (χ1) is 55.5. The highest BCUT2D eigenvalue weighted by molar-refractivity contribution is 6.00. The van der Waals surface area contributed by atoms with Crippen LogP contribution in [-0.2, 0) is 41.0 Å². The molecular weight excluding hydrogens is 1410 g/mol. The molecule has 4 aliphatic carbocycles. The summed E-state index contributed by atoms with van der Waals surface area (Å²) in [6.45, 7) is 24.7. The van der Waals surface area contributed by atoms with Crippen LogP contribution in [0.25, 0.3) is 133 Å². The lowest BCUT2D eigenvalue weighted by Gasteiger charge is -2.38. The summed E-state index contributed by atoms with van der Waals surface area (Å²) < 4.78 is 38.7. The van der Waals surface area contributed by atoms with Crippen molar-refractivity contribution in [3.05, 3.63) is 333 Å². The third kappa shape index (κ3) is 14.6. The second kappa shape index (κ2) is 31.7. The van der Waals surface area contributed by atoms with Gasteiger partial charge in [0.2, 0.25) is 22.8 Å². The molecule has 572 valence electrons. The van der Waals surface area contributed by atoms with Crippen LogP contribution in [-0.4, -0.2) is 19.9 Å². The highest BCUT2D eigenvalue weighted by Gasteiger charge is 2.35. The first-order valence-corrected chi connectivity index (χ1v) is 40.6. The minimum Gasteiger partial charge on any atom is -0.264 e. The number of hydrogen-bond acceptors (Lipinski definition) is 4. The van der Waals surface area contributed by atoms with E-state index in [1.54, 1.807) is 29.1 Å². The summed E-state index contributed by atoms with van der Waals surface area (Å²) in [5.74, 6) is 1.30. The molecule has 8 aromatic carbocycles. The van der Waals surface area contributed by atoms with Gasteiger partial charge in [-0.3, -0.25) is 19.9 Å². The molecule has 16 aromatic rings. The lowest BCUT2D eigenvalue weighted by molar-refractivity contribution is -0.665. The first kappa shape index (κ1) is 76.8. The molecule has 0 spiro atoms. The van der Waals surface area contributed by atoms with Crippen molar-refractivity contribution in [1.82, 2.24) is 19.9 Å². The van der Waals surface area contributed by atoms with Crippen LogP contribution in [0, 0.1) is 94.7 Å². The minimum absolute atomic E-state index is 0.111. The van der Waals surface area contributed by atoms with Gasteiger partial charge in [0, 0.05) is 124 Å². The smallest absolute Gasteiger partial charge is 0.223 e. The van der Waals surface area contributed by atoms with Crippen LogP contribution in [0.2, 0.25) is 0 Å². The highest BCUT2D eigenvalue weighted by atomic mass is 19.1. The first-order valence-electron chi connectivity index (χ1n) is 40.6. The van der Waals surface area contributed by atoms with Crippen molar-refractivity contribution in [3.63, 3.8) is 0 Å². The van der Waals surface area contributed by atoms with Gasteiger partial charge in [-0.2, -0.15) is 18.3 Å². The van der Waals surface area contributed by atoms with Gasteiger partial charge < -0.3 is 0 Å². The quantitative estimate of drug-likeness (QED) is 0.142. The summed E-state index contributed by atoms with van der Waals surface area (Å²) in [7, 11) is 8.48. The number of rotatable bonds is 8. The Morgan fingerprint density at radius 1 is 0.296 bits per heavy atom. The van der Waals surface area contributed by atoms with Crippen LogP contribution in [0.3, 0.4) is 0 Å². The second-order valence-corrected chi connectivity index (χ2v) is 32.7. The van der Waals surface area contributed by atoms with Crippen molar-refractivity contribution in [1.29, 1.82) is 0 Å². The number of aromatic nitrogens is 8. The molecule has 0 radical (unpaired) electrons. The number of benzene rings is 8. The molecule has 0 aliphatic heterocycles. The Labute approximate surface area is 676 Å². The van der Waals surface area contributed by atoms with Crippen molar-refractivity contribution in [3.8, 4) is 89.5 Å². The largest absolute Gasteiger partial charge is 0.264 e. The molecule has 1 saturated carbocycles. The van der Waals surface area contributed by atoms with E-state index in [1.807, 2.05) is 122 Å². The lowest BCUT2D eigenvalue weighted by Crippen LogP contribution is -2.35. The number of pyridine rings is 8. The van der Waals surface area contributed by atoms with E-state index in [0.29, 0.717) is 16.7 Å². The molecule has 0 saturated heterocycles. The molecule has 8 heterocycles. The molecule has 8 aromatic heterocycles. The van der Waals surface area contributed by atoms with Crippen molar-refractivity contribution in [2.45, 2.75) is 140 Å². The third-order valence-corrected chi connectivity index (χ3v) is 25.6. The van der Waals surface area contributed by atoms with Gasteiger partial charge in [-0.1, -0.05) is 66.7 Å². The Kier molecular flexibility index (Phi) is 21.2. The maximum atomic E-state index is 15.3.